The van der Waals surface area contributed by atoms with Crippen molar-refractivity contribution >= 4 is 35.7 Å². The third-order valence-electron chi connectivity index (χ3n) is 2.12. The van der Waals surface area contributed by atoms with Crippen molar-refractivity contribution in [1.29, 1.82) is 0 Å². The van der Waals surface area contributed by atoms with Crippen molar-refractivity contribution in [3.63, 3.8) is 0 Å². The summed E-state index contributed by atoms with van der Waals surface area (Å²) in [7, 11) is 1.28. The smallest absolute Gasteiger partial charge is 0.411 e. The van der Waals surface area contributed by atoms with Crippen LogP contribution in [0.2, 0.25) is 0 Å². The Labute approximate surface area is 132 Å². The Bertz CT molecular complexity index is 577. The highest BCUT2D eigenvalue weighted by molar-refractivity contribution is 9.10. The first-order valence-electron chi connectivity index (χ1n) is 5.61. The fourth-order valence-electron chi connectivity index (χ4n) is 1.32. The zero-order valence-corrected chi connectivity index (χ0v) is 13.6. The largest absolute Gasteiger partial charge is 0.492 e. The molecule has 0 radical (unpaired) electrons. The Balaban J connectivity index is 2.50. The number of halogens is 5. The number of rotatable bonds is 7. The molecule has 0 N–H and O–H groups in total. The summed E-state index contributed by atoms with van der Waals surface area (Å²) in [6.07, 6.45) is -4.19. The van der Waals surface area contributed by atoms with E-state index in [0.29, 0.717) is 4.47 Å². The summed E-state index contributed by atoms with van der Waals surface area (Å²) >= 11 is 3.10. The molecule has 0 fully saturated rings. The van der Waals surface area contributed by atoms with Crippen LogP contribution in [0.5, 0.6) is 5.75 Å². The number of alkyl halides is 3. The van der Waals surface area contributed by atoms with Gasteiger partial charge in [-0.05, 0) is 18.2 Å². The van der Waals surface area contributed by atoms with E-state index in [9.17, 15) is 21.6 Å². The van der Waals surface area contributed by atoms with E-state index in [1.54, 1.807) is 6.07 Å². The summed E-state index contributed by atoms with van der Waals surface area (Å²) in [6.45, 7) is -1.48. The van der Waals surface area contributed by atoms with Gasteiger partial charge in [0.1, 0.15) is 17.3 Å². The molecule has 0 aliphatic carbocycles. The van der Waals surface area contributed by atoms with Gasteiger partial charge in [-0.3, -0.25) is 0 Å². The van der Waals surface area contributed by atoms with E-state index in [-0.39, 0.29) is 30.3 Å². The van der Waals surface area contributed by atoms with Gasteiger partial charge in [0.15, 0.2) is 0 Å². The predicted molar refractivity (Wildman–Crippen MR) is 74.2 cm³/mol. The van der Waals surface area contributed by atoms with Crippen molar-refractivity contribution in [3.8, 4) is 5.75 Å². The van der Waals surface area contributed by atoms with Gasteiger partial charge in [0.2, 0.25) is 0 Å². The second-order valence-corrected chi connectivity index (χ2v) is 7.35. The summed E-state index contributed by atoms with van der Waals surface area (Å²) < 4.78 is 68.3. The Hall–Kier alpha value is -0.510. The highest BCUT2D eigenvalue weighted by Crippen LogP contribution is 2.30. The first kappa shape index (κ1) is 18.5. The fraction of sp³-hybridized carbons (Fsp3) is 0.455. The topological polar surface area (TPSA) is 52.6 Å². The minimum absolute atomic E-state index is 0.00109. The number of hydrogen-bond acceptors (Lipinski definition) is 4. The lowest BCUT2D eigenvalue weighted by molar-refractivity contribution is -0.174. The quantitative estimate of drug-likeness (QED) is 0.507. The lowest BCUT2D eigenvalue weighted by atomic mass is 10.3. The Kier molecular flexibility index (Phi) is 6.76. The average Bonchev–Trinajstić information content (AvgIpc) is 2.32. The maximum absolute atomic E-state index is 11.8. The molecule has 0 spiro atoms. The first-order valence-corrected chi connectivity index (χ1v) is 8.71. The van der Waals surface area contributed by atoms with E-state index in [4.69, 9.17) is 15.4 Å². The molecule has 1 rings (SSSR count). The van der Waals surface area contributed by atoms with Crippen LogP contribution in [0.4, 0.5) is 13.2 Å². The van der Waals surface area contributed by atoms with Gasteiger partial charge in [-0.25, -0.2) is 8.42 Å². The van der Waals surface area contributed by atoms with E-state index in [1.807, 2.05) is 0 Å². The Morgan fingerprint density at radius 3 is 2.48 bits per heavy atom. The van der Waals surface area contributed by atoms with E-state index in [2.05, 4.69) is 20.7 Å². The monoisotopic (exact) mass is 410 g/mol. The molecule has 0 saturated heterocycles. The van der Waals surface area contributed by atoms with Crippen molar-refractivity contribution < 1.29 is 31.1 Å². The van der Waals surface area contributed by atoms with Crippen LogP contribution in [0.3, 0.4) is 0 Å². The van der Waals surface area contributed by atoms with Gasteiger partial charge in [-0.1, -0.05) is 15.9 Å². The molecule has 0 aliphatic heterocycles. The standard InChI is InChI=1S/C11H11BrClF3O4S/c12-8-2-3-9(10(6-8)21(13,17)18)20-5-1-4-19-7-11(14,15)16/h2-3,6H,1,4-5,7H2. The van der Waals surface area contributed by atoms with Crippen LogP contribution >= 0.6 is 26.6 Å². The molecule has 0 atom stereocenters. The predicted octanol–water partition coefficient (Wildman–Crippen LogP) is 3.72. The van der Waals surface area contributed by atoms with Gasteiger partial charge in [0.25, 0.3) is 9.05 Å². The highest BCUT2D eigenvalue weighted by Gasteiger charge is 2.27. The molecule has 0 saturated carbocycles. The third kappa shape index (κ3) is 7.35. The van der Waals surface area contributed by atoms with Crippen molar-refractivity contribution in [2.75, 3.05) is 19.8 Å². The summed E-state index contributed by atoms with van der Waals surface area (Å²) in [6, 6.07) is 4.23. The fourth-order valence-corrected chi connectivity index (χ4v) is 2.83. The van der Waals surface area contributed by atoms with Crippen molar-refractivity contribution in [2.24, 2.45) is 0 Å². The van der Waals surface area contributed by atoms with Crippen LogP contribution in [0.1, 0.15) is 6.42 Å². The SMILES string of the molecule is O=S(=O)(Cl)c1cc(Br)ccc1OCCCOCC(F)(F)F. The molecule has 10 heteroatoms. The second kappa shape index (κ2) is 7.66. The van der Waals surface area contributed by atoms with Gasteiger partial charge in [0.05, 0.1) is 13.2 Å². The van der Waals surface area contributed by atoms with Crippen LogP contribution in [-0.4, -0.2) is 34.4 Å². The van der Waals surface area contributed by atoms with Gasteiger partial charge < -0.3 is 9.47 Å². The molecule has 1 aromatic rings. The molecule has 120 valence electrons. The Morgan fingerprint density at radius 1 is 1.24 bits per heavy atom. The van der Waals surface area contributed by atoms with Crippen LogP contribution in [0, 0.1) is 0 Å². The molecule has 1 aromatic carbocycles. The molecule has 0 unspecified atom stereocenters. The van der Waals surface area contributed by atoms with E-state index < -0.39 is 21.8 Å². The van der Waals surface area contributed by atoms with E-state index in [1.165, 1.54) is 12.1 Å². The minimum atomic E-state index is -4.37. The molecular weight excluding hydrogens is 401 g/mol. The zero-order chi connectivity index (χ0) is 16.1. The molecule has 0 amide bonds. The summed E-state index contributed by atoms with van der Waals surface area (Å²) in [4.78, 5) is -0.213. The van der Waals surface area contributed by atoms with E-state index >= 15 is 0 Å². The lowest BCUT2D eigenvalue weighted by Crippen LogP contribution is -2.18. The molecule has 0 bridgehead atoms. The zero-order valence-electron chi connectivity index (χ0n) is 10.5. The normalized spacial score (nSPS) is 12.4. The van der Waals surface area contributed by atoms with Gasteiger partial charge >= 0.3 is 6.18 Å². The molecule has 0 heterocycles. The van der Waals surface area contributed by atoms with Gasteiger partial charge in [-0.2, -0.15) is 13.2 Å². The lowest BCUT2D eigenvalue weighted by Gasteiger charge is -2.11. The maximum atomic E-state index is 11.8. The second-order valence-electron chi connectivity index (χ2n) is 3.90. The molecule has 21 heavy (non-hydrogen) atoms. The van der Waals surface area contributed by atoms with Gasteiger partial charge in [0, 0.05) is 21.6 Å². The maximum Gasteiger partial charge on any atom is 0.411 e. The average molecular weight is 412 g/mol. The Morgan fingerprint density at radius 2 is 1.90 bits per heavy atom. The van der Waals surface area contributed by atoms with Gasteiger partial charge in [-0.15, -0.1) is 0 Å². The van der Waals surface area contributed by atoms with Crippen LogP contribution in [-0.2, 0) is 13.8 Å². The van der Waals surface area contributed by atoms with Crippen molar-refractivity contribution in [2.45, 2.75) is 17.5 Å². The number of benzene rings is 1. The molecule has 0 aromatic heterocycles. The highest BCUT2D eigenvalue weighted by atomic mass is 79.9. The number of ether oxygens (including phenoxy) is 2. The van der Waals surface area contributed by atoms with Crippen molar-refractivity contribution in [1.82, 2.24) is 0 Å². The third-order valence-corrected chi connectivity index (χ3v) is 3.96. The molecular formula is C11H11BrClF3O4S. The van der Waals surface area contributed by atoms with Crippen LogP contribution in [0.15, 0.2) is 27.6 Å². The van der Waals surface area contributed by atoms with Crippen LogP contribution in [0.25, 0.3) is 0 Å². The molecule has 4 nitrogen and oxygen atoms in total. The first-order chi connectivity index (χ1) is 9.59. The van der Waals surface area contributed by atoms with Crippen LogP contribution < -0.4 is 4.74 Å². The summed E-state index contributed by atoms with van der Waals surface area (Å²) in [5.41, 5.74) is 0. The number of hydrogen-bond donors (Lipinski definition) is 0. The summed E-state index contributed by atoms with van der Waals surface area (Å²) in [5.74, 6) is 0.0315. The van der Waals surface area contributed by atoms with E-state index in [0.717, 1.165) is 0 Å². The van der Waals surface area contributed by atoms with Crippen molar-refractivity contribution in [3.05, 3.63) is 22.7 Å². The summed E-state index contributed by atoms with van der Waals surface area (Å²) in [5, 5.41) is 0. The minimum Gasteiger partial charge on any atom is -0.492 e. The molecule has 0 aliphatic rings.